The lowest BCUT2D eigenvalue weighted by atomic mass is 9.99. The van der Waals surface area contributed by atoms with Crippen molar-refractivity contribution in [3.8, 4) is 0 Å². The molecule has 2 aliphatic heterocycles. The highest BCUT2D eigenvalue weighted by Gasteiger charge is 2.30. The normalized spacial score (nSPS) is 23.1. The fourth-order valence-electron chi connectivity index (χ4n) is 4.19. The molecule has 6 nitrogen and oxygen atoms in total. The Labute approximate surface area is 175 Å². The Morgan fingerprint density at radius 2 is 1.76 bits per heavy atom. The van der Waals surface area contributed by atoms with Crippen molar-refractivity contribution in [2.45, 2.75) is 50.8 Å². The van der Waals surface area contributed by atoms with Gasteiger partial charge in [0.25, 0.3) is 0 Å². The van der Waals surface area contributed by atoms with Crippen molar-refractivity contribution in [2.24, 2.45) is 5.92 Å². The third-order valence-corrected chi connectivity index (χ3v) is 8.31. The average molecular weight is 422 g/mol. The first-order chi connectivity index (χ1) is 13.8. The molecule has 0 radical (unpaired) electrons. The molecule has 1 aromatic rings. The van der Waals surface area contributed by atoms with Gasteiger partial charge in [-0.2, -0.15) is 4.31 Å². The number of hydrogen-bond donors (Lipinski definition) is 0. The zero-order chi connectivity index (χ0) is 21.0. The van der Waals surface area contributed by atoms with Crippen LogP contribution < -0.4 is 0 Å². The molecule has 0 saturated carbocycles. The average Bonchev–Trinajstić information content (AvgIpc) is 2.73. The molecular formula is C22H35N3O3S. The van der Waals surface area contributed by atoms with Crippen LogP contribution in [0.25, 0.3) is 0 Å². The Balaban J connectivity index is 1.54. The Morgan fingerprint density at radius 1 is 1.10 bits per heavy atom. The summed E-state index contributed by atoms with van der Waals surface area (Å²) in [6.45, 7) is 10.6. The maximum atomic E-state index is 13.0. The van der Waals surface area contributed by atoms with Gasteiger partial charge in [0.15, 0.2) is 0 Å². The lowest BCUT2D eigenvalue weighted by molar-refractivity contribution is -0.134. The monoisotopic (exact) mass is 421 g/mol. The maximum Gasteiger partial charge on any atom is 0.243 e. The van der Waals surface area contributed by atoms with E-state index in [0.717, 1.165) is 25.9 Å². The number of piperazine rings is 1. The third-order valence-electron chi connectivity index (χ3n) is 6.40. The lowest BCUT2D eigenvalue weighted by Gasteiger charge is -2.36. The topological polar surface area (TPSA) is 60.9 Å². The smallest absolute Gasteiger partial charge is 0.243 e. The zero-order valence-corrected chi connectivity index (χ0v) is 18.8. The molecule has 0 aromatic heterocycles. The van der Waals surface area contributed by atoms with E-state index in [0.29, 0.717) is 49.5 Å². The number of benzene rings is 1. The van der Waals surface area contributed by atoms with Gasteiger partial charge in [-0.3, -0.25) is 9.69 Å². The largest absolute Gasteiger partial charge is 0.341 e. The molecule has 0 N–H and O–H groups in total. The van der Waals surface area contributed by atoms with Gasteiger partial charge in [0.2, 0.25) is 15.9 Å². The molecule has 0 spiro atoms. The van der Waals surface area contributed by atoms with Crippen LogP contribution >= 0.6 is 0 Å². The number of likely N-dealkylation sites (tertiary alicyclic amines) is 1. The third kappa shape index (κ3) is 5.38. The lowest BCUT2D eigenvalue weighted by Crippen LogP contribution is -2.52. The van der Waals surface area contributed by atoms with Crippen molar-refractivity contribution in [1.29, 1.82) is 0 Å². The maximum absolute atomic E-state index is 13.0. The first-order valence-electron chi connectivity index (χ1n) is 10.9. The minimum atomic E-state index is -3.48. The molecule has 2 atom stereocenters. The predicted molar refractivity (Wildman–Crippen MR) is 115 cm³/mol. The van der Waals surface area contributed by atoms with Crippen molar-refractivity contribution in [2.75, 3.05) is 45.8 Å². The van der Waals surface area contributed by atoms with Crippen LogP contribution in [0.2, 0.25) is 0 Å². The number of carbonyl (C=O) groups is 1. The predicted octanol–water partition coefficient (Wildman–Crippen LogP) is 2.76. The van der Waals surface area contributed by atoms with Gasteiger partial charge in [0, 0.05) is 39.3 Å². The highest BCUT2D eigenvalue weighted by molar-refractivity contribution is 7.89. The van der Waals surface area contributed by atoms with Gasteiger partial charge < -0.3 is 4.90 Å². The molecule has 0 unspecified atom stereocenters. The molecule has 1 aromatic carbocycles. The van der Waals surface area contributed by atoms with E-state index in [2.05, 4.69) is 25.7 Å². The minimum Gasteiger partial charge on any atom is -0.341 e. The van der Waals surface area contributed by atoms with Crippen molar-refractivity contribution in [3.63, 3.8) is 0 Å². The van der Waals surface area contributed by atoms with Crippen molar-refractivity contribution in [3.05, 3.63) is 29.8 Å². The first kappa shape index (κ1) is 22.2. The van der Waals surface area contributed by atoms with E-state index in [4.69, 9.17) is 0 Å². The molecule has 2 heterocycles. The van der Waals surface area contributed by atoms with E-state index in [1.54, 1.807) is 16.4 Å². The van der Waals surface area contributed by atoms with Crippen LogP contribution in [-0.4, -0.2) is 74.2 Å². The van der Waals surface area contributed by atoms with Crippen molar-refractivity contribution in [1.82, 2.24) is 14.1 Å². The number of piperidine rings is 1. The standard InChI is InChI=1S/C22H35N3O3S/c1-4-19(3)20-7-9-21(10-8-20)29(27,28)25-14-12-23(13-15-25)17-22(26)24-11-5-6-18(2)16-24/h7-10,18-19H,4-6,11-17H2,1-3H3/t18-,19-/m0/s1. The van der Waals surface area contributed by atoms with E-state index < -0.39 is 10.0 Å². The molecule has 1 amide bonds. The van der Waals surface area contributed by atoms with Gasteiger partial charge in [0.1, 0.15) is 0 Å². The summed E-state index contributed by atoms with van der Waals surface area (Å²) in [6, 6.07) is 7.31. The second-order valence-corrected chi connectivity index (χ2v) is 10.6. The van der Waals surface area contributed by atoms with Gasteiger partial charge in [-0.05, 0) is 48.8 Å². The summed E-state index contributed by atoms with van der Waals surface area (Å²) in [5.41, 5.74) is 1.17. The Bertz CT molecular complexity index is 786. The van der Waals surface area contributed by atoms with Crippen LogP contribution in [0.3, 0.4) is 0 Å². The number of hydrogen-bond acceptors (Lipinski definition) is 4. The summed E-state index contributed by atoms with van der Waals surface area (Å²) in [4.78, 5) is 17.0. The van der Waals surface area contributed by atoms with Crippen LogP contribution in [0.1, 0.15) is 51.5 Å². The van der Waals surface area contributed by atoms with Crippen LogP contribution in [0.4, 0.5) is 0 Å². The molecule has 2 aliphatic rings. The van der Waals surface area contributed by atoms with E-state index in [-0.39, 0.29) is 5.91 Å². The number of rotatable bonds is 6. The molecule has 2 fully saturated rings. The summed E-state index contributed by atoms with van der Waals surface area (Å²) < 4.78 is 27.5. The summed E-state index contributed by atoms with van der Waals surface area (Å²) in [5, 5.41) is 0. The van der Waals surface area contributed by atoms with Crippen molar-refractivity contribution < 1.29 is 13.2 Å². The van der Waals surface area contributed by atoms with Crippen molar-refractivity contribution >= 4 is 15.9 Å². The highest BCUT2D eigenvalue weighted by atomic mass is 32.2. The van der Waals surface area contributed by atoms with Gasteiger partial charge >= 0.3 is 0 Å². The first-order valence-corrected chi connectivity index (χ1v) is 12.4. The summed E-state index contributed by atoms with van der Waals surface area (Å²) in [6.07, 6.45) is 3.30. The molecule has 162 valence electrons. The van der Waals surface area contributed by atoms with Crippen LogP contribution in [0, 0.1) is 5.92 Å². The summed E-state index contributed by atoms with van der Waals surface area (Å²) in [7, 11) is -3.48. The second kappa shape index (κ2) is 9.58. The zero-order valence-electron chi connectivity index (χ0n) is 18.0. The van der Waals surface area contributed by atoms with Crippen LogP contribution in [-0.2, 0) is 14.8 Å². The summed E-state index contributed by atoms with van der Waals surface area (Å²) in [5.74, 6) is 1.17. The van der Waals surface area contributed by atoms with Crippen LogP contribution in [0.5, 0.6) is 0 Å². The molecule has 2 saturated heterocycles. The molecule has 0 aliphatic carbocycles. The molecule has 29 heavy (non-hydrogen) atoms. The number of sulfonamides is 1. The van der Waals surface area contributed by atoms with Gasteiger partial charge in [0.05, 0.1) is 11.4 Å². The molecule has 7 heteroatoms. The van der Waals surface area contributed by atoms with E-state index >= 15 is 0 Å². The van der Waals surface area contributed by atoms with E-state index in [1.165, 1.54) is 12.0 Å². The van der Waals surface area contributed by atoms with Gasteiger partial charge in [-0.15, -0.1) is 0 Å². The Hall–Kier alpha value is -1.44. The van der Waals surface area contributed by atoms with Gasteiger partial charge in [-0.25, -0.2) is 8.42 Å². The second-order valence-electron chi connectivity index (χ2n) is 8.65. The molecular weight excluding hydrogens is 386 g/mol. The number of carbonyl (C=O) groups excluding carboxylic acids is 1. The fourth-order valence-corrected chi connectivity index (χ4v) is 5.61. The number of nitrogens with zero attached hydrogens (tertiary/aromatic N) is 3. The molecule has 3 rings (SSSR count). The number of amides is 1. The SMILES string of the molecule is CC[C@H](C)c1ccc(S(=O)(=O)N2CCN(CC(=O)N3CCC[C@H](C)C3)CC2)cc1. The quantitative estimate of drug-likeness (QED) is 0.709. The van der Waals surface area contributed by atoms with Crippen LogP contribution in [0.15, 0.2) is 29.2 Å². The molecule has 0 bridgehead atoms. The minimum absolute atomic E-state index is 0.175. The Kier molecular flexibility index (Phi) is 7.35. The fraction of sp³-hybridized carbons (Fsp3) is 0.682. The highest BCUT2D eigenvalue weighted by Crippen LogP contribution is 2.23. The Morgan fingerprint density at radius 3 is 2.34 bits per heavy atom. The van der Waals surface area contributed by atoms with E-state index in [1.807, 2.05) is 17.0 Å². The van der Waals surface area contributed by atoms with Gasteiger partial charge in [-0.1, -0.05) is 32.9 Å². The van der Waals surface area contributed by atoms with E-state index in [9.17, 15) is 13.2 Å². The summed E-state index contributed by atoms with van der Waals surface area (Å²) >= 11 is 0.